The summed E-state index contributed by atoms with van der Waals surface area (Å²) in [6.45, 7) is 7.61. The molecule has 0 bridgehead atoms. The number of hydrogen-bond donors (Lipinski definition) is 1. The van der Waals surface area contributed by atoms with Crippen molar-refractivity contribution in [2.75, 3.05) is 53.4 Å². The van der Waals surface area contributed by atoms with Crippen molar-refractivity contribution in [1.82, 2.24) is 20.0 Å². The lowest BCUT2D eigenvalue weighted by atomic mass is 10.0. The minimum atomic E-state index is -0.412. The predicted octanol–water partition coefficient (Wildman–Crippen LogP) is 1.75. The summed E-state index contributed by atoms with van der Waals surface area (Å²) in [6.07, 6.45) is 4.45. The lowest BCUT2D eigenvalue weighted by molar-refractivity contribution is -0.136. The molecule has 7 nitrogen and oxygen atoms in total. The molecule has 3 aliphatic rings. The van der Waals surface area contributed by atoms with Gasteiger partial charge in [0, 0.05) is 37.8 Å². The predicted molar refractivity (Wildman–Crippen MR) is 120 cm³/mol. The maximum absolute atomic E-state index is 13.3. The number of ether oxygens (including phenoxy) is 1. The number of rotatable bonds is 6. The number of hydrogen-bond acceptors (Lipinski definition) is 5. The van der Waals surface area contributed by atoms with Crippen LogP contribution < -0.4 is 10.1 Å². The van der Waals surface area contributed by atoms with E-state index < -0.39 is 6.04 Å². The largest absolute Gasteiger partial charge is 0.496 e. The third-order valence-corrected chi connectivity index (χ3v) is 7.13. The van der Waals surface area contributed by atoms with Crippen LogP contribution >= 0.6 is 0 Å². The molecule has 1 atom stereocenters. The molecule has 1 aliphatic carbocycles. The van der Waals surface area contributed by atoms with Crippen molar-refractivity contribution in [2.45, 2.75) is 44.7 Å². The highest BCUT2D eigenvalue weighted by Crippen LogP contribution is 2.34. The topological polar surface area (TPSA) is 65.1 Å². The molecule has 2 amide bonds. The van der Waals surface area contributed by atoms with E-state index >= 15 is 0 Å². The van der Waals surface area contributed by atoms with Crippen LogP contribution in [0.15, 0.2) is 18.2 Å². The van der Waals surface area contributed by atoms with Gasteiger partial charge in [0.25, 0.3) is 5.91 Å². The Bertz CT molecular complexity index is 794. The molecule has 170 valence electrons. The van der Waals surface area contributed by atoms with Crippen LogP contribution in [0.4, 0.5) is 0 Å². The van der Waals surface area contributed by atoms with Crippen molar-refractivity contribution < 1.29 is 14.3 Å². The Morgan fingerprint density at radius 3 is 2.29 bits per heavy atom. The number of carbonyl (C=O) groups is 2. The number of methoxy groups -OCH3 is 1. The number of benzene rings is 1. The Morgan fingerprint density at radius 2 is 1.71 bits per heavy atom. The van der Waals surface area contributed by atoms with Crippen molar-refractivity contribution in [2.24, 2.45) is 5.92 Å². The van der Waals surface area contributed by atoms with Crippen LogP contribution in [-0.4, -0.2) is 92.0 Å². The zero-order chi connectivity index (χ0) is 22.0. The molecule has 31 heavy (non-hydrogen) atoms. The highest BCUT2D eigenvalue weighted by Gasteiger charge is 2.40. The maximum Gasteiger partial charge on any atom is 0.251 e. The van der Waals surface area contributed by atoms with Gasteiger partial charge in [-0.15, -0.1) is 0 Å². The van der Waals surface area contributed by atoms with Gasteiger partial charge in [0.2, 0.25) is 5.91 Å². The fourth-order valence-electron chi connectivity index (χ4n) is 4.92. The van der Waals surface area contributed by atoms with E-state index in [1.54, 1.807) is 19.2 Å². The van der Waals surface area contributed by atoms with Gasteiger partial charge < -0.3 is 19.9 Å². The highest BCUT2D eigenvalue weighted by atomic mass is 16.5. The van der Waals surface area contributed by atoms with Gasteiger partial charge in [-0.2, -0.15) is 0 Å². The van der Waals surface area contributed by atoms with E-state index in [0.29, 0.717) is 11.6 Å². The normalized spacial score (nSPS) is 22.2. The SMILES string of the molecule is COc1ccc(C(=O)N[C@@H](C(=O)N2CCN(C3CCN(C)CC3)CC2)C2CC2)cc1C. The lowest BCUT2D eigenvalue weighted by Crippen LogP contribution is -2.58. The minimum Gasteiger partial charge on any atom is -0.496 e. The van der Waals surface area contributed by atoms with Gasteiger partial charge in [0.15, 0.2) is 0 Å². The fourth-order valence-corrected chi connectivity index (χ4v) is 4.92. The molecule has 7 heteroatoms. The second kappa shape index (κ2) is 9.57. The molecule has 2 saturated heterocycles. The van der Waals surface area contributed by atoms with E-state index in [1.807, 2.05) is 17.9 Å². The fraction of sp³-hybridized carbons (Fsp3) is 0.667. The van der Waals surface area contributed by atoms with Crippen LogP contribution in [-0.2, 0) is 4.79 Å². The average molecular weight is 429 g/mol. The summed E-state index contributed by atoms with van der Waals surface area (Å²) in [5, 5.41) is 3.05. The molecule has 2 heterocycles. The van der Waals surface area contributed by atoms with E-state index in [4.69, 9.17) is 4.74 Å². The highest BCUT2D eigenvalue weighted by molar-refractivity contribution is 5.98. The van der Waals surface area contributed by atoms with E-state index in [-0.39, 0.29) is 17.7 Å². The summed E-state index contributed by atoms with van der Waals surface area (Å²) in [5.41, 5.74) is 1.48. The number of carbonyl (C=O) groups excluding carboxylic acids is 2. The van der Waals surface area contributed by atoms with Crippen molar-refractivity contribution in [3.8, 4) is 5.75 Å². The molecule has 4 rings (SSSR count). The summed E-state index contributed by atoms with van der Waals surface area (Å²) in [7, 11) is 3.81. The van der Waals surface area contributed by atoms with Gasteiger partial charge in [-0.1, -0.05) is 0 Å². The molecule has 0 aromatic heterocycles. The standard InChI is InChI=1S/C24H36N4O3/c1-17-16-19(6-7-21(17)31-3)23(29)25-22(18-4-5-18)24(30)28-14-12-27(13-15-28)20-8-10-26(2)11-9-20/h6-7,16,18,20,22H,4-5,8-15H2,1-3H3,(H,25,29)/t22-/m1/s1. The first-order valence-electron chi connectivity index (χ1n) is 11.6. The van der Waals surface area contributed by atoms with Gasteiger partial charge in [0.1, 0.15) is 11.8 Å². The monoisotopic (exact) mass is 428 g/mol. The minimum absolute atomic E-state index is 0.0871. The first-order valence-corrected chi connectivity index (χ1v) is 11.6. The number of aryl methyl sites for hydroxylation is 1. The number of amides is 2. The van der Waals surface area contributed by atoms with E-state index in [1.165, 1.54) is 12.8 Å². The lowest BCUT2D eigenvalue weighted by Gasteiger charge is -2.42. The van der Waals surface area contributed by atoms with E-state index in [9.17, 15) is 9.59 Å². The van der Waals surface area contributed by atoms with Crippen LogP contribution in [0.25, 0.3) is 0 Å². The van der Waals surface area contributed by atoms with Gasteiger partial charge in [-0.05, 0) is 82.4 Å². The Kier molecular flexibility index (Phi) is 6.82. The zero-order valence-corrected chi connectivity index (χ0v) is 19.1. The molecule has 1 N–H and O–H groups in total. The smallest absolute Gasteiger partial charge is 0.251 e. The molecule has 3 fully saturated rings. The summed E-state index contributed by atoms with van der Waals surface area (Å²) in [6, 6.07) is 5.62. The summed E-state index contributed by atoms with van der Waals surface area (Å²) in [5.74, 6) is 0.932. The van der Waals surface area contributed by atoms with Gasteiger partial charge >= 0.3 is 0 Å². The molecular formula is C24H36N4O3. The third-order valence-electron chi connectivity index (χ3n) is 7.13. The quantitative estimate of drug-likeness (QED) is 0.748. The number of nitrogens with one attached hydrogen (secondary N) is 1. The molecule has 1 aromatic carbocycles. The molecular weight excluding hydrogens is 392 g/mol. The summed E-state index contributed by atoms with van der Waals surface area (Å²) in [4.78, 5) is 33.1. The Morgan fingerprint density at radius 1 is 1.03 bits per heavy atom. The van der Waals surface area contributed by atoms with Crippen LogP contribution in [0.2, 0.25) is 0 Å². The zero-order valence-electron chi connectivity index (χ0n) is 19.1. The first-order chi connectivity index (χ1) is 15.0. The van der Waals surface area contributed by atoms with E-state index in [0.717, 1.165) is 63.4 Å². The van der Waals surface area contributed by atoms with Crippen LogP contribution in [0.5, 0.6) is 5.75 Å². The summed E-state index contributed by atoms with van der Waals surface area (Å²) < 4.78 is 5.29. The Balaban J connectivity index is 1.34. The molecule has 1 saturated carbocycles. The second-order valence-corrected chi connectivity index (χ2v) is 9.37. The molecule has 0 spiro atoms. The van der Waals surface area contributed by atoms with Gasteiger partial charge in [-0.3, -0.25) is 14.5 Å². The summed E-state index contributed by atoms with van der Waals surface area (Å²) >= 11 is 0. The first kappa shape index (κ1) is 22.1. The number of nitrogens with zero attached hydrogens (tertiary/aromatic N) is 3. The molecule has 2 aliphatic heterocycles. The van der Waals surface area contributed by atoms with Crippen molar-refractivity contribution in [3.63, 3.8) is 0 Å². The van der Waals surface area contributed by atoms with Crippen molar-refractivity contribution in [3.05, 3.63) is 29.3 Å². The van der Waals surface area contributed by atoms with Crippen molar-refractivity contribution in [1.29, 1.82) is 0 Å². The third kappa shape index (κ3) is 5.21. The Labute approximate surface area is 185 Å². The number of piperidine rings is 1. The Hall–Kier alpha value is -2.12. The maximum atomic E-state index is 13.3. The van der Waals surface area contributed by atoms with Gasteiger partial charge in [-0.25, -0.2) is 0 Å². The second-order valence-electron chi connectivity index (χ2n) is 9.37. The van der Waals surface area contributed by atoms with Crippen LogP contribution in [0, 0.1) is 12.8 Å². The van der Waals surface area contributed by atoms with Gasteiger partial charge in [0.05, 0.1) is 7.11 Å². The van der Waals surface area contributed by atoms with E-state index in [2.05, 4.69) is 22.2 Å². The number of piperazine rings is 1. The molecule has 0 unspecified atom stereocenters. The number of likely N-dealkylation sites (tertiary alicyclic amines) is 1. The van der Waals surface area contributed by atoms with Crippen LogP contribution in [0.3, 0.4) is 0 Å². The van der Waals surface area contributed by atoms with Crippen LogP contribution in [0.1, 0.15) is 41.6 Å². The average Bonchev–Trinajstić information content (AvgIpc) is 3.63. The molecule has 0 radical (unpaired) electrons. The van der Waals surface area contributed by atoms with Crippen molar-refractivity contribution >= 4 is 11.8 Å². The molecule has 1 aromatic rings.